The number of primary amides is 1. The van der Waals surface area contributed by atoms with E-state index in [0.29, 0.717) is 12.8 Å². The van der Waals surface area contributed by atoms with Crippen LogP contribution in [0.1, 0.15) is 31.0 Å². The average Bonchev–Trinajstić information content (AvgIpc) is 2.21. The van der Waals surface area contributed by atoms with Gasteiger partial charge in [0.2, 0.25) is 5.91 Å². The third-order valence-corrected chi connectivity index (χ3v) is 3.27. The van der Waals surface area contributed by atoms with Crippen LogP contribution in [0.25, 0.3) is 0 Å². The molecule has 0 saturated heterocycles. The summed E-state index contributed by atoms with van der Waals surface area (Å²) >= 11 is 0. The molecule has 1 aliphatic carbocycles. The van der Waals surface area contributed by atoms with Gasteiger partial charge in [-0.15, -0.1) is 0 Å². The van der Waals surface area contributed by atoms with Crippen LogP contribution in [0.5, 0.6) is 0 Å². The predicted molar refractivity (Wildman–Crippen MR) is 62.4 cm³/mol. The fourth-order valence-electron chi connectivity index (χ4n) is 2.44. The summed E-state index contributed by atoms with van der Waals surface area (Å²) in [6, 6.07) is 3.02. The van der Waals surface area contributed by atoms with E-state index in [-0.39, 0.29) is 12.1 Å². The highest BCUT2D eigenvalue weighted by Gasteiger charge is 2.31. The fourth-order valence-corrected chi connectivity index (χ4v) is 2.44. The lowest BCUT2D eigenvalue weighted by Crippen LogP contribution is -2.36. The number of hydrogen-bond donors (Lipinski definition) is 2. The van der Waals surface area contributed by atoms with Gasteiger partial charge in [0.25, 0.3) is 5.56 Å². The lowest BCUT2D eigenvalue weighted by Gasteiger charge is -2.32. The number of carbonyl (C=O) groups is 1. The van der Waals surface area contributed by atoms with Crippen LogP contribution in [0.2, 0.25) is 0 Å². The Morgan fingerprint density at radius 2 is 2.29 bits per heavy atom. The first-order valence-electron chi connectivity index (χ1n) is 5.66. The first kappa shape index (κ1) is 11.9. The number of nitrogens with zero attached hydrogens (tertiary/aromatic N) is 1. The lowest BCUT2D eigenvalue weighted by molar-refractivity contribution is -0.118. The van der Waals surface area contributed by atoms with Gasteiger partial charge in [-0.25, -0.2) is 0 Å². The zero-order valence-electron chi connectivity index (χ0n) is 9.77. The summed E-state index contributed by atoms with van der Waals surface area (Å²) in [6.07, 6.45) is 2.14. The van der Waals surface area contributed by atoms with Crippen molar-refractivity contribution in [3.05, 3.63) is 33.7 Å². The molecule has 5 nitrogen and oxygen atoms in total. The molecule has 0 bridgehead atoms. The zero-order chi connectivity index (χ0) is 12.6. The van der Waals surface area contributed by atoms with Gasteiger partial charge >= 0.3 is 0 Å². The van der Waals surface area contributed by atoms with Crippen molar-refractivity contribution in [1.29, 1.82) is 0 Å². The van der Waals surface area contributed by atoms with Crippen LogP contribution >= 0.6 is 0 Å². The number of pyridine rings is 1. The SMILES string of the molecule is CC1(O)CCCc2c1ccc(=O)n2CC(N)=O. The summed E-state index contributed by atoms with van der Waals surface area (Å²) < 4.78 is 1.37. The lowest BCUT2D eigenvalue weighted by atomic mass is 9.83. The Hall–Kier alpha value is -1.62. The van der Waals surface area contributed by atoms with E-state index in [4.69, 9.17) is 5.73 Å². The molecular formula is C12H16N2O3. The van der Waals surface area contributed by atoms with Crippen LogP contribution in [0, 0.1) is 0 Å². The molecule has 0 radical (unpaired) electrons. The molecule has 1 aromatic rings. The maximum Gasteiger partial charge on any atom is 0.251 e. The molecule has 1 heterocycles. The molecule has 0 saturated carbocycles. The molecule has 3 N–H and O–H groups in total. The Morgan fingerprint density at radius 1 is 1.59 bits per heavy atom. The number of nitrogens with two attached hydrogens (primary N) is 1. The molecular weight excluding hydrogens is 220 g/mol. The van der Waals surface area contributed by atoms with Crippen LogP contribution in [-0.2, 0) is 23.4 Å². The second-order valence-corrected chi connectivity index (χ2v) is 4.71. The maximum absolute atomic E-state index is 11.7. The van der Waals surface area contributed by atoms with Crippen molar-refractivity contribution < 1.29 is 9.90 Å². The van der Waals surface area contributed by atoms with Crippen LogP contribution < -0.4 is 11.3 Å². The van der Waals surface area contributed by atoms with Gasteiger partial charge in [-0.05, 0) is 32.3 Å². The molecule has 1 atom stereocenters. The minimum atomic E-state index is -0.930. The predicted octanol–water partition coefficient (Wildman–Crippen LogP) is -0.123. The van der Waals surface area contributed by atoms with Crippen LogP contribution in [-0.4, -0.2) is 15.6 Å². The molecule has 1 aliphatic rings. The van der Waals surface area contributed by atoms with Crippen molar-refractivity contribution in [2.45, 2.75) is 38.3 Å². The molecule has 1 aromatic heterocycles. The molecule has 0 aromatic carbocycles. The summed E-state index contributed by atoms with van der Waals surface area (Å²) in [4.78, 5) is 22.7. The van der Waals surface area contributed by atoms with E-state index in [0.717, 1.165) is 17.7 Å². The zero-order valence-corrected chi connectivity index (χ0v) is 9.77. The van der Waals surface area contributed by atoms with Crippen molar-refractivity contribution in [2.24, 2.45) is 5.73 Å². The minimum absolute atomic E-state index is 0.127. The monoisotopic (exact) mass is 236 g/mol. The van der Waals surface area contributed by atoms with Gasteiger partial charge in [-0.2, -0.15) is 0 Å². The second kappa shape index (κ2) is 4.00. The largest absolute Gasteiger partial charge is 0.385 e. The van der Waals surface area contributed by atoms with Crippen LogP contribution in [0.15, 0.2) is 16.9 Å². The van der Waals surface area contributed by atoms with Gasteiger partial charge in [0.15, 0.2) is 0 Å². The average molecular weight is 236 g/mol. The first-order valence-corrected chi connectivity index (χ1v) is 5.66. The first-order chi connectivity index (χ1) is 7.92. The molecule has 0 spiro atoms. The van der Waals surface area contributed by atoms with Crippen LogP contribution in [0.4, 0.5) is 0 Å². The molecule has 17 heavy (non-hydrogen) atoms. The maximum atomic E-state index is 11.7. The number of amides is 1. The summed E-state index contributed by atoms with van der Waals surface area (Å²) in [5.74, 6) is -0.550. The highest BCUT2D eigenvalue weighted by atomic mass is 16.3. The van der Waals surface area contributed by atoms with Gasteiger partial charge in [0.05, 0.1) is 5.60 Å². The van der Waals surface area contributed by atoms with E-state index >= 15 is 0 Å². The van der Waals surface area contributed by atoms with E-state index in [9.17, 15) is 14.7 Å². The van der Waals surface area contributed by atoms with E-state index in [1.165, 1.54) is 10.6 Å². The molecule has 1 amide bonds. The molecule has 0 fully saturated rings. The van der Waals surface area contributed by atoms with Gasteiger partial charge in [0, 0.05) is 17.3 Å². The second-order valence-electron chi connectivity index (χ2n) is 4.71. The normalized spacial score (nSPS) is 23.2. The van der Waals surface area contributed by atoms with Gasteiger partial charge in [-0.3, -0.25) is 9.59 Å². The summed E-state index contributed by atoms with van der Waals surface area (Å²) in [7, 11) is 0. The van der Waals surface area contributed by atoms with Crippen molar-refractivity contribution in [3.63, 3.8) is 0 Å². The van der Waals surface area contributed by atoms with E-state index < -0.39 is 11.5 Å². The smallest absolute Gasteiger partial charge is 0.251 e. The fraction of sp³-hybridized carbons (Fsp3) is 0.500. The quantitative estimate of drug-likeness (QED) is 0.750. The summed E-state index contributed by atoms with van der Waals surface area (Å²) in [5.41, 5.74) is 5.41. The number of carbonyl (C=O) groups excluding carboxylic acids is 1. The minimum Gasteiger partial charge on any atom is -0.385 e. The van der Waals surface area contributed by atoms with Gasteiger partial charge < -0.3 is 15.4 Å². The Morgan fingerprint density at radius 3 is 2.94 bits per heavy atom. The number of fused-ring (bicyclic) bond motifs is 1. The standard InChI is InChI=1S/C12H16N2O3/c1-12(17)6-2-3-9-8(12)4-5-11(16)14(9)7-10(13)15/h4-5,17H,2-3,6-7H2,1H3,(H2,13,15). The molecule has 92 valence electrons. The number of hydrogen-bond acceptors (Lipinski definition) is 3. The Kier molecular flexibility index (Phi) is 2.79. The highest BCUT2D eigenvalue weighted by molar-refractivity contribution is 5.73. The van der Waals surface area contributed by atoms with E-state index in [1.807, 2.05) is 0 Å². The van der Waals surface area contributed by atoms with Crippen molar-refractivity contribution in [2.75, 3.05) is 0 Å². The Balaban J connectivity index is 2.60. The van der Waals surface area contributed by atoms with Crippen molar-refractivity contribution in [1.82, 2.24) is 4.57 Å². The van der Waals surface area contributed by atoms with Crippen LogP contribution in [0.3, 0.4) is 0 Å². The molecule has 1 unspecified atom stereocenters. The van der Waals surface area contributed by atoms with E-state index in [2.05, 4.69) is 0 Å². The third kappa shape index (κ3) is 2.10. The van der Waals surface area contributed by atoms with E-state index in [1.54, 1.807) is 13.0 Å². The number of aromatic nitrogens is 1. The van der Waals surface area contributed by atoms with Gasteiger partial charge in [-0.1, -0.05) is 0 Å². The topological polar surface area (TPSA) is 85.3 Å². The number of aliphatic hydroxyl groups is 1. The van der Waals surface area contributed by atoms with Crippen molar-refractivity contribution >= 4 is 5.91 Å². The highest BCUT2D eigenvalue weighted by Crippen LogP contribution is 2.33. The Bertz CT molecular complexity index is 517. The Labute approximate surface area is 98.9 Å². The molecule has 5 heteroatoms. The summed E-state index contributed by atoms with van der Waals surface area (Å²) in [5, 5.41) is 10.2. The summed E-state index contributed by atoms with van der Waals surface area (Å²) in [6.45, 7) is 1.60. The van der Waals surface area contributed by atoms with Crippen molar-refractivity contribution in [3.8, 4) is 0 Å². The molecule has 0 aliphatic heterocycles. The third-order valence-electron chi connectivity index (χ3n) is 3.27. The number of rotatable bonds is 2. The molecule has 2 rings (SSSR count). The van der Waals surface area contributed by atoms with Gasteiger partial charge in [0.1, 0.15) is 6.54 Å².